The summed E-state index contributed by atoms with van der Waals surface area (Å²) in [5.74, 6) is -0.951. The molecule has 0 bridgehead atoms. The van der Waals surface area contributed by atoms with Gasteiger partial charge >= 0.3 is 5.97 Å². The fourth-order valence-electron chi connectivity index (χ4n) is 3.78. The number of aryl methyl sites for hydroxylation is 2. The van der Waals surface area contributed by atoms with Crippen LogP contribution in [0.15, 0.2) is 48.6 Å². The van der Waals surface area contributed by atoms with Crippen molar-refractivity contribution in [2.75, 3.05) is 6.54 Å². The molecule has 0 saturated carbocycles. The van der Waals surface area contributed by atoms with Crippen LogP contribution >= 0.6 is 11.3 Å². The Morgan fingerprint density at radius 2 is 1.90 bits per heavy atom. The number of halogens is 1. The number of hydrogen-bond acceptors (Lipinski definition) is 4. The molecule has 31 heavy (non-hydrogen) atoms. The van der Waals surface area contributed by atoms with Gasteiger partial charge in [-0.1, -0.05) is 24.3 Å². The summed E-state index contributed by atoms with van der Waals surface area (Å²) < 4.78 is 13.0. The summed E-state index contributed by atoms with van der Waals surface area (Å²) in [4.78, 5) is 27.1. The van der Waals surface area contributed by atoms with Crippen molar-refractivity contribution in [3.05, 3.63) is 69.7 Å². The zero-order valence-corrected chi connectivity index (χ0v) is 18.2. The number of amides is 1. The molecule has 3 rings (SSSR count). The van der Waals surface area contributed by atoms with Crippen molar-refractivity contribution in [1.82, 2.24) is 4.90 Å². The number of carboxylic acid groups (broad SMARTS) is 1. The van der Waals surface area contributed by atoms with Gasteiger partial charge in [-0.2, -0.15) is 0 Å². The van der Waals surface area contributed by atoms with Gasteiger partial charge in [0.05, 0.1) is 18.6 Å². The van der Waals surface area contributed by atoms with Crippen LogP contribution in [-0.2, 0) is 28.9 Å². The van der Waals surface area contributed by atoms with Gasteiger partial charge in [-0.25, -0.2) is 4.39 Å². The van der Waals surface area contributed by atoms with Crippen LogP contribution in [0, 0.1) is 5.82 Å². The number of thiophene rings is 1. The van der Waals surface area contributed by atoms with Gasteiger partial charge in [0, 0.05) is 29.1 Å². The number of carbonyl (C=O) groups excluding carboxylic acids is 1. The molecule has 1 fully saturated rings. The number of rotatable bonds is 11. The van der Waals surface area contributed by atoms with Gasteiger partial charge in [-0.15, -0.1) is 11.3 Å². The number of aliphatic hydroxyl groups excluding tert-OH is 1. The molecule has 1 saturated heterocycles. The summed E-state index contributed by atoms with van der Waals surface area (Å²) in [5, 5.41) is 19.1. The molecule has 0 radical (unpaired) electrons. The van der Waals surface area contributed by atoms with Crippen molar-refractivity contribution in [3.63, 3.8) is 0 Å². The average Bonchev–Trinajstić information content (AvgIpc) is 3.33. The van der Waals surface area contributed by atoms with E-state index >= 15 is 0 Å². The predicted molar refractivity (Wildman–Crippen MR) is 119 cm³/mol. The molecule has 2 heterocycles. The van der Waals surface area contributed by atoms with E-state index in [4.69, 9.17) is 5.11 Å². The van der Waals surface area contributed by atoms with E-state index in [0.29, 0.717) is 25.8 Å². The van der Waals surface area contributed by atoms with Gasteiger partial charge in [0.1, 0.15) is 5.82 Å². The molecule has 2 aromatic rings. The van der Waals surface area contributed by atoms with E-state index in [9.17, 15) is 19.1 Å². The minimum atomic E-state index is -0.788. The van der Waals surface area contributed by atoms with Gasteiger partial charge in [-0.3, -0.25) is 9.59 Å². The Hall–Kier alpha value is -2.51. The van der Waals surface area contributed by atoms with Gasteiger partial charge in [0.15, 0.2) is 0 Å². The standard InChI is InChI=1S/C24H28FNO4S/c25-18-5-3-17(4-6-18)16-20(27)9-7-19-8-13-23(28)26(19)15-1-2-21-10-11-22(31-21)12-14-24(29)30/h3-7,9-11,19-20,27H,1-2,8,12-16H2,(H,29,30)/b9-7+/t19-,20+/m0/s1. The lowest BCUT2D eigenvalue weighted by molar-refractivity contribution is -0.137. The maximum atomic E-state index is 13.0. The van der Waals surface area contributed by atoms with Crippen molar-refractivity contribution >= 4 is 23.2 Å². The van der Waals surface area contributed by atoms with E-state index < -0.39 is 12.1 Å². The Labute approximate surface area is 185 Å². The fourth-order valence-corrected chi connectivity index (χ4v) is 4.84. The van der Waals surface area contributed by atoms with Crippen LogP contribution in [0.5, 0.6) is 0 Å². The molecule has 0 aliphatic carbocycles. The lowest BCUT2D eigenvalue weighted by atomic mass is 10.1. The highest BCUT2D eigenvalue weighted by Crippen LogP contribution is 2.23. The Balaban J connectivity index is 1.46. The SMILES string of the molecule is O=C(O)CCc1ccc(CCCN2C(=O)CC[C@@H]2/C=C/[C@@H](O)Cc2ccc(F)cc2)s1. The topological polar surface area (TPSA) is 77.8 Å². The second-order valence-corrected chi connectivity index (χ2v) is 9.09. The maximum absolute atomic E-state index is 13.0. The number of aliphatic carboxylic acids is 1. The second kappa shape index (κ2) is 11.2. The minimum absolute atomic E-state index is 0.00942. The molecule has 1 aromatic carbocycles. The molecular weight excluding hydrogens is 417 g/mol. The Morgan fingerprint density at radius 3 is 2.61 bits per heavy atom. The Morgan fingerprint density at radius 1 is 1.19 bits per heavy atom. The third kappa shape index (κ3) is 7.29. The largest absolute Gasteiger partial charge is 0.481 e. The first kappa shape index (κ1) is 23.2. The average molecular weight is 446 g/mol. The lowest BCUT2D eigenvalue weighted by Gasteiger charge is -2.22. The van der Waals surface area contributed by atoms with Crippen LogP contribution in [0.3, 0.4) is 0 Å². The molecule has 5 nitrogen and oxygen atoms in total. The minimum Gasteiger partial charge on any atom is -0.481 e. The third-order valence-electron chi connectivity index (χ3n) is 5.41. The first-order valence-electron chi connectivity index (χ1n) is 10.6. The fraction of sp³-hybridized carbons (Fsp3) is 0.417. The van der Waals surface area contributed by atoms with Crippen molar-refractivity contribution in [3.8, 4) is 0 Å². The van der Waals surface area contributed by atoms with Gasteiger partial charge in [0.25, 0.3) is 0 Å². The quantitative estimate of drug-likeness (QED) is 0.513. The summed E-state index contributed by atoms with van der Waals surface area (Å²) in [6.07, 6.45) is 7.01. The molecule has 1 aliphatic heterocycles. The molecule has 2 atom stereocenters. The first-order chi connectivity index (χ1) is 14.9. The lowest BCUT2D eigenvalue weighted by Crippen LogP contribution is -2.33. The van der Waals surface area contributed by atoms with Crippen molar-refractivity contribution in [2.24, 2.45) is 0 Å². The molecule has 0 unspecified atom stereocenters. The van der Waals surface area contributed by atoms with Crippen LogP contribution < -0.4 is 0 Å². The predicted octanol–water partition coefficient (Wildman–Crippen LogP) is 3.99. The molecule has 1 aromatic heterocycles. The van der Waals surface area contributed by atoms with Crippen molar-refractivity contribution in [2.45, 2.75) is 57.1 Å². The van der Waals surface area contributed by atoms with Crippen LogP contribution in [0.4, 0.5) is 4.39 Å². The Bertz CT molecular complexity index is 909. The summed E-state index contributed by atoms with van der Waals surface area (Å²) in [5.41, 5.74) is 0.858. The van der Waals surface area contributed by atoms with E-state index in [-0.39, 0.29) is 24.2 Å². The number of hydrogen-bond donors (Lipinski definition) is 2. The summed E-state index contributed by atoms with van der Waals surface area (Å²) >= 11 is 1.64. The van der Waals surface area contributed by atoms with Crippen molar-refractivity contribution in [1.29, 1.82) is 0 Å². The van der Waals surface area contributed by atoms with Crippen LogP contribution in [-0.4, -0.2) is 45.7 Å². The monoisotopic (exact) mass is 445 g/mol. The molecule has 7 heteroatoms. The number of benzene rings is 1. The number of aliphatic hydroxyl groups is 1. The maximum Gasteiger partial charge on any atom is 0.303 e. The van der Waals surface area contributed by atoms with Crippen LogP contribution in [0.25, 0.3) is 0 Å². The van der Waals surface area contributed by atoms with E-state index in [0.717, 1.165) is 29.7 Å². The molecule has 166 valence electrons. The highest BCUT2D eigenvalue weighted by atomic mass is 32.1. The van der Waals surface area contributed by atoms with Crippen LogP contribution in [0.2, 0.25) is 0 Å². The van der Waals surface area contributed by atoms with E-state index in [2.05, 4.69) is 0 Å². The van der Waals surface area contributed by atoms with Crippen LogP contribution in [0.1, 0.15) is 41.0 Å². The van der Waals surface area contributed by atoms with E-state index in [1.165, 1.54) is 17.0 Å². The van der Waals surface area contributed by atoms with Gasteiger partial charge in [0.2, 0.25) is 5.91 Å². The van der Waals surface area contributed by atoms with Gasteiger partial charge < -0.3 is 15.1 Å². The summed E-state index contributed by atoms with van der Waals surface area (Å²) in [6.45, 7) is 0.657. The number of carbonyl (C=O) groups is 2. The smallest absolute Gasteiger partial charge is 0.303 e. The normalized spacial score (nSPS) is 17.5. The summed E-state index contributed by atoms with van der Waals surface area (Å²) in [6, 6.07) is 10.1. The molecule has 1 amide bonds. The van der Waals surface area contributed by atoms with E-state index in [1.54, 1.807) is 29.5 Å². The number of nitrogens with zero attached hydrogens (tertiary/aromatic N) is 1. The zero-order valence-electron chi connectivity index (χ0n) is 17.4. The molecule has 2 N–H and O–H groups in total. The number of carboxylic acids is 1. The highest BCUT2D eigenvalue weighted by molar-refractivity contribution is 7.12. The number of likely N-dealkylation sites (tertiary alicyclic amines) is 1. The van der Waals surface area contributed by atoms with E-state index in [1.807, 2.05) is 23.1 Å². The van der Waals surface area contributed by atoms with Gasteiger partial charge in [-0.05, 0) is 55.5 Å². The van der Waals surface area contributed by atoms with Crippen molar-refractivity contribution < 1.29 is 24.2 Å². The molecule has 0 spiro atoms. The zero-order chi connectivity index (χ0) is 22.2. The summed E-state index contributed by atoms with van der Waals surface area (Å²) in [7, 11) is 0. The third-order valence-corrected chi connectivity index (χ3v) is 6.62. The Kier molecular flexibility index (Phi) is 8.37. The first-order valence-corrected chi connectivity index (χ1v) is 11.4. The molecular formula is C24H28FNO4S. The molecule has 1 aliphatic rings. The highest BCUT2D eigenvalue weighted by Gasteiger charge is 2.28. The second-order valence-electron chi connectivity index (χ2n) is 7.84.